The first-order valence-electron chi connectivity index (χ1n) is 4.54. The van der Waals surface area contributed by atoms with Gasteiger partial charge in [-0.3, -0.25) is 0 Å². The van der Waals surface area contributed by atoms with Crippen LogP contribution in [0.4, 0.5) is 0 Å². The molecule has 0 saturated heterocycles. The first kappa shape index (κ1) is 12.1. The van der Waals surface area contributed by atoms with Gasteiger partial charge in [0.25, 0.3) is 0 Å². The highest BCUT2D eigenvalue weighted by molar-refractivity contribution is 5.87. The van der Waals surface area contributed by atoms with Gasteiger partial charge in [-0.2, -0.15) is 0 Å². The van der Waals surface area contributed by atoms with Gasteiger partial charge in [-0.1, -0.05) is 5.11 Å². The quantitative estimate of drug-likeness (QED) is 0.359. The van der Waals surface area contributed by atoms with Crippen LogP contribution in [0.5, 0.6) is 0 Å². The predicted molar refractivity (Wildman–Crippen MR) is 55.7 cm³/mol. The van der Waals surface area contributed by atoms with Gasteiger partial charge < -0.3 is 14.4 Å². The summed E-state index contributed by atoms with van der Waals surface area (Å²) in [6.45, 7) is -0.317. The van der Waals surface area contributed by atoms with Crippen molar-refractivity contribution in [2.75, 3.05) is 13.7 Å². The van der Waals surface area contributed by atoms with Gasteiger partial charge in [0.15, 0.2) is 0 Å². The molecular weight excluding hydrogens is 212 g/mol. The number of aliphatic hydroxyl groups is 1. The molecule has 0 radical (unpaired) electrons. The lowest BCUT2D eigenvalue weighted by molar-refractivity contribution is 0.0589. The second-order valence-corrected chi connectivity index (χ2v) is 3.10. The minimum Gasteiger partial charge on any atom is -0.464 e. The molecule has 1 rings (SSSR count). The maximum absolute atomic E-state index is 11.3. The van der Waals surface area contributed by atoms with Crippen LogP contribution in [0.2, 0.25) is 0 Å². The minimum atomic E-state index is -0.701. The molecule has 0 amide bonds. The van der Waals surface area contributed by atoms with Crippen molar-refractivity contribution in [3.63, 3.8) is 0 Å². The Morgan fingerprint density at radius 1 is 1.75 bits per heavy atom. The van der Waals surface area contributed by atoms with Gasteiger partial charge in [-0.05, 0) is 17.7 Å². The van der Waals surface area contributed by atoms with E-state index < -0.39 is 12.0 Å². The Bertz CT molecular complexity index is 434. The van der Waals surface area contributed by atoms with Crippen LogP contribution in [-0.4, -0.2) is 29.4 Å². The van der Waals surface area contributed by atoms with Crippen molar-refractivity contribution in [3.8, 4) is 0 Å². The van der Waals surface area contributed by atoms with Crippen molar-refractivity contribution < 1.29 is 14.6 Å². The Hall–Kier alpha value is -1.98. The number of esters is 1. The number of aromatic nitrogens is 1. The summed E-state index contributed by atoms with van der Waals surface area (Å²) in [5.41, 5.74) is 9.22. The molecule has 0 saturated carbocycles. The summed E-state index contributed by atoms with van der Waals surface area (Å²) >= 11 is 0. The first-order valence-corrected chi connectivity index (χ1v) is 4.54. The van der Waals surface area contributed by atoms with E-state index in [4.69, 9.17) is 10.6 Å². The summed E-state index contributed by atoms with van der Waals surface area (Å²) < 4.78 is 6.11. The van der Waals surface area contributed by atoms with Crippen LogP contribution >= 0.6 is 0 Å². The van der Waals surface area contributed by atoms with Crippen LogP contribution in [0, 0.1) is 0 Å². The van der Waals surface area contributed by atoms with Crippen LogP contribution in [-0.2, 0) is 11.8 Å². The molecule has 0 fully saturated rings. The third kappa shape index (κ3) is 2.16. The molecule has 1 heterocycles. The maximum atomic E-state index is 11.3. The Morgan fingerprint density at radius 3 is 2.94 bits per heavy atom. The third-order valence-electron chi connectivity index (χ3n) is 2.26. The van der Waals surface area contributed by atoms with Gasteiger partial charge >= 0.3 is 5.97 Å². The van der Waals surface area contributed by atoms with Crippen molar-refractivity contribution >= 4 is 5.97 Å². The Kier molecular flexibility index (Phi) is 3.93. The fraction of sp³-hybridized carbons (Fsp3) is 0.444. The maximum Gasteiger partial charge on any atom is 0.354 e. The lowest BCUT2D eigenvalue weighted by Gasteiger charge is -2.10. The fourth-order valence-electron chi connectivity index (χ4n) is 1.42. The summed E-state index contributed by atoms with van der Waals surface area (Å²) in [7, 11) is 2.92. The van der Waals surface area contributed by atoms with Crippen LogP contribution in [0.3, 0.4) is 0 Å². The van der Waals surface area contributed by atoms with Crippen LogP contribution in [0.25, 0.3) is 10.4 Å². The van der Waals surface area contributed by atoms with E-state index in [2.05, 4.69) is 14.8 Å². The SMILES string of the molecule is COC(=O)c1ccc(C(CO)N=[N+]=[N-])n1C. The van der Waals surface area contributed by atoms with E-state index in [9.17, 15) is 4.79 Å². The molecule has 0 spiro atoms. The number of carbonyl (C=O) groups excluding carboxylic acids is 1. The summed E-state index contributed by atoms with van der Waals surface area (Å²) in [4.78, 5) is 13.9. The Labute approximate surface area is 91.9 Å². The molecule has 1 N–H and O–H groups in total. The third-order valence-corrected chi connectivity index (χ3v) is 2.26. The van der Waals surface area contributed by atoms with Crippen molar-refractivity contribution in [3.05, 3.63) is 34.0 Å². The number of carbonyl (C=O) groups is 1. The van der Waals surface area contributed by atoms with Gasteiger partial charge in [-0.25, -0.2) is 4.79 Å². The number of hydrogen-bond acceptors (Lipinski definition) is 4. The van der Waals surface area contributed by atoms with Crippen LogP contribution in [0.15, 0.2) is 17.2 Å². The van der Waals surface area contributed by atoms with Crippen molar-refractivity contribution in [1.82, 2.24) is 4.57 Å². The van der Waals surface area contributed by atoms with Crippen molar-refractivity contribution in [2.45, 2.75) is 6.04 Å². The summed E-state index contributed by atoms with van der Waals surface area (Å²) in [5.74, 6) is -0.480. The summed E-state index contributed by atoms with van der Waals surface area (Å²) in [6, 6.07) is 2.46. The second kappa shape index (κ2) is 5.20. The number of azide groups is 1. The van der Waals surface area contributed by atoms with E-state index in [-0.39, 0.29) is 6.61 Å². The minimum absolute atomic E-state index is 0.317. The number of nitrogens with zero attached hydrogens (tertiary/aromatic N) is 4. The normalized spacial score (nSPS) is 11.7. The molecule has 0 aliphatic carbocycles. The highest BCUT2D eigenvalue weighted by Crippen LogP contribution is 2.19. The average Bonchev–Trinajstić information content (AvgIpc) is 2.67. The van der Waals surface area contributed by atoms with E-state index in [1.807, 2.05) is 0 Å². The number of hydrogen-bond donors (Lipinski definition) is 1. The zero-order valence-corrected chi connectivity index (χ0v) is 8.99. The fourth-order valence-corrected chi connectivity index (χ4v) is 1.42. The highest BCUT2D eigenvalue weighted by atomic mass is 16.5. The predicted octanol–water partition coefficient (Wildman–Crippen LogP) is 1.16. The van der Waals surface area contributed by atoms with Gasteiger partial charge in [0, 0.05) is 17.7 Å². The smallest absolute Gasteiger partial charge is 0.354 e. The van der Waals surface area contributed by atoms with Gasteiger partial charge in [0.05, 0.1) is 13.7 Å². The van der Waals surface area contributed by atoms with Crippen molar-refractivity contribution in [1.29, 1.82) is 0 Å². The summed E-state index contributed by atoms with van der Waals surface area (Å²) in [5, 5.41) is 12.5. The molecule has 0 aromatic carbocycles. The Balaban J connectivity index is 3.12. The molecule has 1 unspecified atom stereocenters. The molecule has 1 atom stereocenters. The monoisotopic (exact) mass is 224 g/mol. The van der Waals surface area contributed by atoms with Gasteiger partial charge in [-0.15, -0.1) is 0 Å². The zero-order valence-electron chi connectivity index (χ0n) is 8.99. The van der Waals surface area contributed by atoms with Crippen LogP contribution < -0.4 is 0 Å². The molecule has 1 aromatic rings. The van der Waals surface area contributed by atoms with Gasteiger partial charge in [0.2, 0.25) is 0 Å². The summed E-state index contributed by atoms with van der Waals surface area (Å²) in [6.07, 6.45) is 0. The molecular formula is C9H12N4O3. The molecule has 7 heteroatoms. The van der Waals surface area contributed by atoms with Crippen molar-refractivity contribution in [2.24, 2.45) is 12.2 Å². The largest absolute Gasteiger partial charge is 0.464 e. The average molecular weight is 224 g/mol. The van der Waals surface area contributed by atoms with E-state index >= 15 is 0 Å². The standard InChI is InChI=1S/C9H12N4O3/c1-13-7(6(5-14)11-12-10)3-4-8(13)9(15)16-2/h3-4,6,14H,5H2,1-2H3. The Morgan fingerprint density at radius 2 is 2.44 bits per heavy atom. The first-order chi connectivity index (χ1) is 7.65. The molecule has 0 aliphatic heterocycles. The number of methoxy groups -OCH3 is 1. The molecule has 0 aliphatic rings. The lowest BCUT2D eigenvalue weighted by Crippen LogP contribution is -2.12. The van der Waals surface area contributed by atoms with Crippen LogP contribution in [0.1, 0.15) is 22.2 Å². The lowest BCUT2D eigenvalue weighted by atomic mass is 10.2. The van der Waals surface area contributed by atoms with E-state index in [0.29, 0.717) is 11.4 Å². The molecule has 16 heavy (non-hydrogen) atoms. The van der Waals surface area contributed by atoms with Gasteiger partial charge in [0.1, 0.15) is 11.7 Å². The number of ether oxygens (including phenoxy) is 1. The van der Waals surface area contributed by atoms with E-state index in [0.717, 1.165) is 0 Å². The second-order valence-electron chi connectivity index (χ2n) is 3.10. The zero-order chi connectivity index (χ0) is 12.1. The molecule has 1 aromatic heterocycles. The topological polar surface area (TPSA) is 100 Å². The highest BCUT2D eigenvalue weighted by Gasteiger charge is 2.17. The molecule has 7 nitrogen and oxygen atoms in total. The van der Waals surface area contributed by atoms with E-state index in [1.54, 1.807) is 19.2 Å². The number of rotatable bonds is 4. The molecule has 0 bridgehead atoms. The number of aliphatic hydroxyl groups excluding tert-OH is 1. The van der Waals surface area contributed by atoms with E-state index in [1.165, 1.54) is 11.7 Å². The molecule has 86 valence electrons.